The lowest BCUT2D eigenvalue weighted by molar-refractivity contribution is -0.133. The Morgan fingerprint density at radius 3 is 2.06 bits per heavy atom. The van der Waals surface area contributed by atoms with Gasteiger partial charge in [-0.15, -0.1) is 0 Å². The molecule has 0 aromatic heterocycles. The van der Waals surface area contributed by atoms with Crippen LogP contribution in [-0.2, 0) is 4.79 Å². The van der Waals surface area contributed by atoms with Crippen LogP contribution >= 0.6 is 46.4 Å². The van der Waals surface area contributed by atoms with Gasteiger partial charge in [0.25, 0.3) is 0 Å². The van der Waals surface area contributed by atoms with E-state index in [-0.39, 0.29) is 17.9 Å². The number of anilines is 1. The summed E-state index contributed by atoms with van der Waals surface area (Å²) in [6.45, 7) is 3.72. The normalized spacial score (nSPS) is 17.3. The van der Waals surface area contributed by atoms with E-state index in [1.807, 2.05) is 72.5 Å². The molecule has 4 rings (SSSR count). The summed E-state index contributed by atoms with van der Waals surface area (Å²) in [7, 11) is 0. The van der Waals surface area contributed by atoms with Crippen LogP contribution in [0, 0.1) is 0 Å². The van der Waals surface area contributed by atoms with Gasteiger partial charge in [-0.25, -0.2) is 0 Å². The number of halogens is 4. The SMILES string of the molecule is C[C@@H](C(=O)N1CCN(c2ccc(Cl)cc2Cl)[C@H](c2ccc(Cl)cc2)C1)c1ccc(Cl)cc1. The first-order valence-electron chi connectivity index (χ1n) is 10.3. The molecule has 166 valence electrons. The molecule has 0 radical (unpaired) electrons. The van der Waals surface area contributed by atoms with Gasteiger partial charge >= 0.3 is 0 Å². The van der Waals surface area contributed by atoms with Gasteiger partial charge < -0.3 is 9.80 Å². The Morgan fingerprint density at radius 1 is 0.844 bits per heavy atom. The molecule has 0 unspecified atom stereocenters. The zero-order valence-electron chi connectivity index (χ0n) is 17.4. The molecule has 3 aromatic carbocycles. The van der Waals surface area contributed by atoms with E-state index in [1.165, 1.54) is 0 Å². The zero-order valence-corrected chi connectivity index (χ0v) is 20.5. The van der Waals surface area contributed by atoms with E-state index in [1.54, 1.807) is 6.07 Å². The summed E-state index contributed by atoms with van der Waals surface area (Å²) in [5.74, 6) is -0.169. The first kappa shape index (κ1) is 23.3. The molecular weight excluding hydrogens is 486 g/mol. The van der Waals surface area contributed by atoms with E-state index < -0.39 is 0 Å². The van der Waals surface area contributed by atoms with Crippen LogP contribution < -0.4 is 4.90 Å². The van der Waals surface area contributed by atoms with Crippen LogP contribution in [0.15, 0.2) is 66.7 Å². The summed E-state index contributed by atoms with van der Waals surface area (Å²) in [5.41, 5.74) is 2.91. The van der Waals surface area contributed by atoms with Crippen molar-refractivity contribution in [3.63, 3.8) is 0 Å². The first-order chi connectivity index (χ1) is 15.3. The summed E-state index contributed by atoms with van der Waals surface area (Å²) >= 11 is 24.8. The molecule has 0 N–H and O–H groups in total. The number of piperazine rings is 1. The number of nitrogens with zero attached hydrogens (tertiary/aromatic N) is 2. The van der Waals surface area contributed by atoms with Gasteiger partial charge in [-0.2, -0.15) is 0 Å². The van der Waals surface area contributed by atoms with Gasteiger partial charge in [0.05, 0.1) is 22.7 Å². The third kappa shape index (κ3) is 5.02. The van der Waals surface area contributed by atoms with E-state index in [2.05, 4.69) is 4.90 Å². The van der Waals surface area contributed by atoms with Gasteiger partial charge in [-0.05, 0) is 60.5 Å². The van der Waals surface area contributed by atoms with Crippen molar-refractivity contribution in [2.45, 2.75) is 18.9 Å². The fraction of sp³-hybridized carbons (Fsp3) is 0.240. The standard InChI is InChI=1S/C25H22Cl4N2O/c1-16(17-2-6-19(26)7-3-17)25(32)30-12-13-31(23-11-10-21(28)14-22(23)29)24(15-30)18-4-8-20(27)9-5-18/h2-11,14,16,24H,12-13,15H2,1H3/t16-,24+/m1/s1. The molecule has 1 aliphatic rings. The van der Waals surface area contributed by atoms with Crippen LogP contribution in [0.25, 0.3) is 0 Å². The van der Waals surface area contributed by atoms with Crippen molar-refractivity contribution in [3.05, 3.63) is 97.9 Å². The Bertz CT molecular complexity index is 1100. The first-order valence-corrected chi connectivity index (χ1v) is 11.9. The Kier molecular flexibility index (Phi) is 7.21. The van der Waals surface area contributed by atoms with Crippen LogP contribution in [0.2, 0.25) is 20.1 Å². The molecule has 3 aromatic rings. The molecule has 7 heteroatoms. The number of amides is 1. The number of rotatable bonds is 4. The molecule has 3 nitrogen and oxygen atoms in total. The van der Waals surface area contributed by atoms with Gasteiger partial charge in [0.2, 0.25) is 5.91 Å². The van der Waals surface area contributed by atoms with E-state index in [4.69, 9.17) is 46.4 Å². The quantitative estimate of drug-likeness (QED) is 0.365. The predicted molar refractivity (Wildman–Crippen MR) is 134 cm³/mol. The maximum atomic E-state index is 13.4. The monoisotopic (exact) mass is 506 g/mol. The van der Waals surface area contributed by atoms with Crippen LogP contribution in [0.3, 0.4) is 0 Å². The van der Waals surface area contributed by atoms with Gasteiger partial charge in [0.15, 0.2) is 0 Å². The Labute approximate surface area is 208 Å². The van der Waals surface area contributed by atoms with E-state index in [0.717, 1.165) is 16.8 Å². The summed E-state index contributed by atoms with van der Waals surface area (Å²) in [4.78, 5) is 17.5. The van der Waals surface area contributed by atoms with Crippen LogP contribution in [0.5, 0.6) is 0 Å². The third-order valence-corrected chi connectivity index (χ3v) is 6.95. The highest BCUT2D eigenvalue weighted by Crippen LogP contribution is 2.37. The van der Waals surface area contributed by atoms with Gasteiger partial charge in [0, 0.05) is 34.7 Å². The summed E-state index contributed by atoms with van der Waals surface area (Å²) in [5, 5.41) is 2.51. The molecule has 2 atom stereocenters. The minimum Gasteiger partial charge on any atom is -0.360 e. The second-order valence-corrected chi connectivity index (χ2v) is 9.63. The fourth-order valence-corrected chi connectivity index (χ4v) is 4.89. The predicted octanol–water partition coefficient (Wildman–Crippen LogP) is 7.49. The molecule has 1 fully saturated rings. The van der Waals surface area contributed by atoms with Crippen LogP contribution in [0.1, 0.15) is 30.0 Å². The maximum Gasteiger partial charge on any atom is 0.229 e. The maximum absolute atomic E-state index is 13.4. The van der Waals surface area contributed by atoms with Crippen molar-refractivity contribution < 1.29 is 4.79 Å². The largest absolute Gasteiger partial charge is 0.360 e. The third-order valence-electron chi connectivity index (χ3n) is 5.91. The second kappa shape index (κ2) is 9.93. The van der Waals surface area contributed by atoms with Crippen LogP contribution in [-0.4, -0.2) is 30.4 Å². The van der Waals surface area contributed by atoms with Crippen LogP contribution in [0.4, 0.5) is 5.69 Å². The molecule has 0 saturated carbocycles. The summed E-state index contributed by atoms with van der Waals surface area (Å²) in [6, 6.07) is 20.6. The molecule has 0 aliphatic carbocycles. The molecule has 1 aliphatic heterocycles. The molecule has 1 heterocycles. The average molecular weight is 508 g/mol. The zero-order chi connectivity index (χ0) is 22.8. The molecule has 1 saturated heterocycles. The number of hydrogen-bond donors (Lipinski definition) is 0. The van der Waals surface area contributed by atoms with Crippen molar-refractivity contribution in [2.75, 3.05) is 24.5 Å². The number of hydrogen-bond acceptors (Lipinski definition) is 2. The number of benzene rings is 3. The highest BCUT2D eigenvalue weighted by Gasteiger charge is 2.33. The molecule has 0 bridgehead atoms. The highest BCUT2D eigenvalue weighted by molar-refractivity contribution is 6.36. The van der Waals surface area contributed by atoms with Crippen molar-refractivity contribution in [1.82, 2.24) is 4.90 Å². The fourth-order valence-electron chi connectivity index (χ4n) is 4.12. The molecular formula is C25H22Cl4N2O. The van der Waals surface area contributed by atoms with Crippen molar-refractivity contribution in [2.24, 2.45) is 0 Å². The van der Waals surface area contributed by atoms with Gasteiger partial charge in [-0.1, -0.05) is 70.7 Å². The van der Waals surface area contributed by atoms with Crippen molar-refractivity contribution in [1.29, 1.82) is 0 Å². The van der Waals surface area contributed by atoms with Crippen molar-refractivity contribution >= 4 is 58.0 Å². The minimum absolute atomic E-state index is 0.0685. The van der Waals surface area contributed by atoms with E-state index >= 15 is 0 Å². The second-order valence-electron chi connectivity index (χ2n) is 7.91. The summed E-state index contributed by atoms with van der Waals surface area (Å²) < 4.78 is 0. The number of carbonyl (C=O) groups is 1. The van der Waals surface area contributed by atoms with Gasteiger partial charge in [-0.3, -0.25) is 4.79 Å². The molecule has 1 amide bonds. The van der Waals surface area contributed by atoms with Gasteiger partial charge in [0.1, 0.15) is 0 Å². The Morgan fingerprint density at radius 2 is 1.44 bits per heavy atom. The lowest BCUT2D eigenvalue weighted by Crippen LogP contribution is -2.51. The van der Waals surface area contributed by atoms with E-state index in [9.17, 15) is 4.79 Å². The Balaban J connectivity index is 1.63. The lowest BCUT2D eigenvalue weighted by atomic mass is 9.97. The number of carbonyl (C=O) groups excluding carboxylic acids is 1. The van der Waals surface area contributed by atoms with E-state index in [0.29, 0.717) is 39.7 Å². The average Bonchev–Trinajstić information content (AvgIpc) is 2.79. The topological polar surface area (TPSA) is 23.6 Å². The highest BCUT2D eigenvalue weighted by atomic mass is 35.5. The summed E-state index contributed by atoms with van der Waals surface area (Å²) in [6.07, 6.45) is 0. The smallest absolute Gasteiger partial charge is 0.229 e. The minimum atomic E-state index is -0.260. The van der Waals surface area contributed by atoms with Crippen molar-refractivity contribution in [3.8, 4) is 0 Å². The lowest BCUT2D eigenvalue weighted by Gasteiger charge is -2.44. The molecule has 0 spiro atoms. The molecule has 32 heavy (non-hydrogen) atoms. The Hall–Kier alpha value is -1.91.